The quantitative estimate of drug-likeness (QED) is 0.0654. The van der Waals surface area contributed by atoms with Gasteiger partial charge in [0.25, 0.3) is 5.91 Å². The molecule has 6 N–H and O–H groups in total. The molecule has 308 valence electrons. The zero-order valence-corrected chi connectivity index (χ0v) is 34.8. The second kappa shape index (κ2) is 21.1. The summed E-state index contributed by atoms with van der Waals surface area (Å²) in [5.41, 5.74) is -0.237. The fraction of sp³-hybridized carbons (Fsp3) is 0.683. The Bertz CT molecular complexity index is 1520. The first kappa shape index (κ1) is 45.8. The van der Waals surface area contributed by atoms with E-state index in [2.05, 4.69) is 47.0 Å². The van der Waals surface area contributed by atoms with Crippen LogP contribution in [0.2, 0.25) is 0 Å². The fourth-order valence-corrected chi connectivity index (χ4v) is 8.46. The lowest BCUT2D eigenvalue weighted by molar-refractivity contribution is -0.144. The summed E-state index contributed by atoms with van der Waals surface area (Å²) in [6.07, 6.45) is 7.72. The predicted octanol–water partition coefficient (Wildman–Crippen LogP) is 4.83. The molecule has 1 aliphatic heterocycles. The molecular weight excluding hydrogens is 721 g/mol. The number of Topliss-reactive ketones (excluding diaryl/α,β-unsaturated/α-hetero) is 1. The van der Waals surface area contributed by atoms with E-state index < -0.39 is 63.7 Å². The molecule has 5 amide bonds. The second-order valence-corrected chi connectivity index (χ2v) is 17.6. The average Bonchev–Trinajstić information content (AvgIpc) is 3.61. The average molecular weight is 787 g/mol. The Morgan fingerprint density at radius 2 is 1.71 bits per heavy atom. The zero-order chi connectivity index (χ0) is 40.9. The molecule has 13 nitrogen and oxygen atoms in total. The number of likely N-dealkylation sites (tertiary alicyclic amines) is 1. The number of amides is 5. The highest BCUT2D eigenvalue weighted by atomic mass is 32.2. The van der Waals surface area contributed by atoms with E-state index in [0.717, 1.165) is 32.1 Å². The molecule has 1 aliphatic carbocycles. The number of nitrogens with one attached hydrogen (secondary N) is 5. The maximum atomic E-state index is 15.0. The van der Waals surface area contributed by atoms with Crippen LogP contribution in [0.5, 0.6) is 0 Å². The number of hydrogen-bond acceptors (Lipinski definition) is 7. The monoisotopic (exact) mass is 786 g/mol. The van der Waals surface area contributed by atoms with Gasteiger partial charge in [0.1, 0.15) is 12.1 Å². The van der Waals surface area contributed by atoms with E-state index >= 15 is 4.79 Å². The van der Waals surface area contributed by atoms with Crippen molar-refractivity contribution in [2.45, 2.75) is 142 Å². The van der Waals surface area contributed by atoms with Gasteiger partial charge in [-0.3, -0.25) is 19.2 Å². The van der Waals surface area contributed by atoms with Crippen molar-refractivity contribution in [2.75, 3.05) is 19.6 Å². The standard InChI is InChI=1S/C41H66N6O7S/c1-9-17-30(34(48)37(50)43-22-10-2)44-36(49)31-23-29(27(4)5)26-47(31)38(51)35(41(11-3)20-15-12-16-21-41)46-39(52)45-33(40(6,7)8)25-42-24-28-18-13-14-19-32(28)55(53)54/h10,13-14,18-19,27,29-31,33,35,42H,2,9,11-12,15-17,20-26H2,1,3-8H3,(H,43,50)(H,44,49)(H,53,54)(H2,45,46,52)/t29-,30?,31+,33-,35-/m1/s1. The van der Waals surface area contributed by atoms with Crippen LogP contribution in [0, 0.1) is 22.7 Å². The van der Waals surface area contributed by atoms with Crippen molar-refractivity contribution in [3.8, 4) is 0 Å². The molecule has 0 radical (unpaired) electrons. The molecule has 2 fully saturated rings. The summed E-state index contributed by atoms with van der Waals surface area (Å²) in [6.45, 7) is 18.7. The molecule has 14 heteroatoms. The van der Waals surface area contributed by atoms with Crippen LogP contribution in [0.1, 0.15) is 112 Å². The van der Waals surface area contributed by atoms with E-state index in [1.807, 2.05) is 34.6 Å². The normalized spacial score (nSPS) is 20.5. The van der Waals surface area contributed by atoms with Gasteiger partial charge in [-0.2, -0.15) is 0 Å². The lowest BCUT2D eigenvalue weighted by atomic mass is 9.67. The van der Waals surface area contributed by atoms with Gasteiger partial charge in [-0.15, -0.1) is 6.58 Å². The van der Waals surface area contributed by atoms with E-state index in [0.29, 0.717) is 49.4 Å². The summed E-state index contributed by atoms with van der Waals surface area (Å²) >= 11 is -2.14. The third-order valence-electron chi connectivity index (χ3n) is 11.6. The van der Waals surface area contributed by atoms with Crippen molar-refractivity contribution in [1.29, 1.82) is 0 Å². The van der Waals surface area contributed by atoms with Gasteiger partial charge in [0.05, 0.1) is 10.9 Å². The van der Waals surface area contributed by atoms with Gasteiger partial charge in [-0.25, -0.2) is 9.00 Å². The number of ketones is 1. The number of hydrogen-bond donors (Lipinski definition) is 6. The molecule has 1 aromatic carbocycles. The van der Waals surface area contributed by atoms with Crippen LogP contribution in [-0.4, -0.2) is 87.0 Å². The molecule has 1 saturated carbocycles. The van der Waals surface area contributed by atoms with Crippen LogP contribution in [-0.2, 0) is 36.8 Å². The van der Waals surface area contributed by atoms with Crippen molar-refractivity contribution < 1.29 is 32.7 Å². The number of benzene rings is 1. The summed E-state index contributed by atoms with van der Waals surface area (Å²) in [4.78, 5) is 70.8. The third kappa shape index (κ3) is 12.4. The van der Waals surface area contributed by atoms with Crippen LogP contribution in [0.4, 0.5) is 4.79 Å². The summed E-state index contributed by atoms with van der Waals surface area (Å²) in [7, 11) is 0. The molecule has 6 atom stereocenters. The molecule has 55 heavy (non-hydrogen) atoms. The van der Waals surface area contributed by atoms with Gasteiger partial charge in [0, 0.05) is 32.2 Å². The topological polar surface area (TPSA) is 186 Å². The van der Waals surface area contributed by atoms with E-state index in [9.17, 15) is 27.9 Å². The van der Waals surface area contributed by atoms with E-state index in [1.54, 1.807) is 29.2 Å². The number of rotatable bonds is 19. The van der Waals surface area contributed by atoms with Crippen LogP contribution >= 0.6 is 0 Å². The highest BCUT2D eigenvalue weighted by Crippen LogP contribution is 2.44. The number of nitrogens with zero attached hydrogens (tertiary/aromatic N) is 1. The Kier molecular flexibility index (Phi) is 17.5. The smallest absolute Gasteiger partial charge is 0.315 e. The first-order chi connectivity index (χ1) is 26.0. The minimum atomic E-state index is -2.14. The maximum Gasteiger partial charge on any atom is 0.315 e. The van der Waals surface area contributed by atoms with Gasteiger partial charge in [-0.05, 0) is 66.4 Å². The van der Waals surface area contributed by atoms with Gasteiger partial charge in [0.15, 0.2) is 11.1 Å². The Balaban J connectivity index is 1.89. The highest BCUT2D eigenvalue weighted by molar-refractivity contribution is 7.79. The minimum absolute atomic E-state index is 0.0130. The molecule has 2 unspecified atom stereocenters. The summed E-state index contributed by atoms with van der Waals surface area (Å²) in [5, 5.41) is 14.9. The molecule has 0 spiro atoms. The summed E-state index contributed by atoms with van der Waals surface area (Å²) in [5.74, 6) is -2.16. The van der Waals surface area contributed by atoms with Gasteiger partial charge < -0.3 is 36.0 Å². The first-order valence-corrected chi connectivity index (χ1v) is 21.1. The predicted molar refractivity (Wildman–Crippen MR) is 215 cm³/mol. The lowest BCUT2D eigenvalue weighted by Gasteiger charge is -2.44. The number of urea groups is 1. The minimum Gasteiger partial charge on any atom is -0.346 e. The molecule has 0 aromatic heterocycles. The summed E-state index contributed by atoms with van der Waals surface area (Å²) < 4.78 is 21.6. The van der Waals surface area contributed by atoms with E-state index in [-0.39, 0.29) is 36.8 Å². The number of carbonyl (C=O) groups excluding carboxylic acids is 5. The third-order valence-corrected chi connectivity index (χ3v) is 12.3. The van der Waals surface area contributed by atoms with Crippen LogP contribution in [0.25, 0.3) is 0 Å². The SMILES string of the molecule is C=CCNC(=O)C(=O)C(CCC)NC(=O)[C@@H]1C[C@@H](C(C)C)CN1C(=O)[C@@H](NC(=O)N[C@H](CNCc1ccccc1S(=O)O)C(C)(C)C)C1(CC)CCCCC1. The number of carbonyl (C=O) groups is 5. The Morgan fingerprint density at radius 1 is 1.04 bits per heavy atom. The van der Waals surface area contributed by atoms with Crippen LogP contribution in [0.3, 0.4) is 0 Å². The Morgan fingerprint density at radius 3 is 2.29 bits per heavy atom. The molecule has 0 bridgehead atoms. The molecule has 3 rings (SSSR count). The highest BCUT2D eigenvalue weighted by Gasteiger charge is 2.50. The molecule has 1 aromatic rings. The molecule has 1 saturated heterocycles. The van der Waals surface area contributed by atoms with E-state index in [4.69, 9.17) is 0 Å². The van der Waals surface area contributed by atoms with Gasteiger partial charge in [-0.1, -0.05) is 98.4 Å². The Labute approximate surface area is 330 Å². The second-order valence-electron chi connectivity index (χ2n) is 16.7. The van der Waals surface area contributed by atoms with Crippen molar-refractivity contribution in [3.05, 3.63) is 42.5 Å². The largest absolute Gasteiger partial charge is 0.346 e. The van der Waals surface area contributed by atoms with Crippen LogP contribution < -0.4 is 26.6 Å². The lowest BCUT2D eigenvalue weighted by Crippen LogP contribution is -2.63. The molecule has 2 aliphatic rings. The van der Waals surface area contributed by atoms with Crippen molar-refractivity contribution >= 4 is 40.6 Å². The maximum absolute atomic E-state index is 15.0. The van der Waals surface area contributed by atoms with Crippen molar-refractivity contribution in [2.24, 2.45) is 22.7 Å². The van der Waals surface area contributed by atoms with Crippen molar-refractivity contribution in [3.63, 3.8) is 0 Å². The molecule has 1 heterocycles. The van der Waals surface area contributed by atoms with E-state index in [1.165, 1.54) is 6.08 Å². The van der Waals surface area contributed by atoms with Crippen LogP contribution in [0.15, 0.2) is 41.8 Å². The van der Waals surface area contributed by atoms with Crippen molar-refractivity contribution in [1.82, 2.24) is 31.5 Å². The summed E-state index contributed by atoms with van der Waals surface area (Å²) in [6, 6.07) is 3.20. The first-order valence-electron chi connectivity index (χ1n) is 20.0. The van der Waals surface area contributed by atoms with Gasteiger partial charge in [0.2, 0.25) is 17.6 Å². The fourth-order valence-electron chi connectivity index (χ4n) is 7.90. The van der Waals surface area contributed by atoms with Gasteiger partial charge >= 0.3 is 6.03 Å². The molecular formula is C41H66N6O7S. The Hall–Kier alpha value is -3.62. The zero-order valence-electron chi connectivity index (χ0n) is 34.0.